The van der Waals surface area contributed by atoms with Crippen LogP contribution in [0.1, 0.15) is 42.5 Å². The minimum Gasteiger partial charge on any atom is -0.496 e. The van der Waals surface area contributed by atoms with Crippen molar-refractivity contribution in [1.82, 2.24) is 5.32 Å². The average molecular weight is 265 g/mol. The molecule has 3 nitrogen and oxygen atoms in total. The Morgan fingerprint density at radius 3 is 2.32 bits per heavy atom. The molecule has 1 rings (SSSR count). The molecule has 0 aliphatic heterocycles. The number of benzene rings is 1. The molecule has 0 aliphatic rings. The van der Waals surface area contributed by atoms with Crippen LogP contribution >= 0.6 is 0 Å². The van der Waals surface area contributed by atoms with Gasteiger partial charge in [0.25, 0.3) is 0 Å². The highest BCUT2D eigenvalue weighted by molar-refractivity contribution is 5.42. The topological polar surface area (TPSA) is 30.5 Å². The molecule has 1 aromatic carbocycles. The van der Waals surface area contributed by atoms with Gasteiger partial charge in [-0.2, -0.15) is 0 Å². The van der Waals surface area contributed by atoms with Gasteiger partial charge >= 0.3 is 0 Å². The smallest absolute Gasteiger partial charge is 0.122 e. The lowest BCUT2D eigenvalue weighted by atomic mass is 9.94. The van der Waals surface area contributed by atoms with Gasteiger partial charge in [0.15, 0.2) is 0 Å². The zero-order valence-electron chi connectivity index (χ0n) is 13.0. The fourth-order valence-electron chi connectivity index (χ4n) is 2.38. The third-order valence-electron chi connectivity index (χ3n) is 3.77. The van der Waals surface area contributed by atoms with E-state index in [0.717, 1.165) is 18.6 Å². The second kappa shape index (κ2) is 7.51. The first-order valence-electron chi connectivity index (χ1n) is 6.88. The molecular formula is C16H27NO2. The van der Waals surface area contributed by atoms with Crippen LogP contribution in [0.2, 0.25) is 0 Å². The maximum Gasteiger partial charge on any atom is 0.122 e. The van der Waals surface area contributed by atoms with Gasteiger partial charge in [-0.3, -0.25) is 0 Å². The minimum atomic E-state index is 0.301. The van der Waals surface area contributed by atoms with E-state index in [4.69, 9.17) is 9.47 Å². The molecule has 0 spiro atoms. The summed E-state index contributed by atoms with van der Waals surface area (Å²) < 4.78 is 10.7. The van der Waals surface area contributed by atoms with Crippen LogP contribution in [-0.4, -0.2) is 27.4 Å². The fourth-order valence-corrected chi connectivity index (χ4v) is 2.38. The van der Waals surface area contributed by atoms with Gasteiger partial charge in [0.05, 0.1) is 13.2 Å². The highest BCUT2D eigenvalue weighted by atomic mass is 16.5. The average Bonchev–Trinajstić information content (AvgIpc) is 2.42. The summed E-state index contributed by atoms with van der Waals surface area (Å²) >= 11 is 0. The molecule has 1 N–H and O–H groups in total. The van der Waals surface area contributed by atoms with Gasteiger partial charge in [-0.05, 0) is 63.4 Å². The van der Waals surface area contributed by atoms with Gasteiger partial charge in [-0.15, -0.1) is 0 Å². The summed E-state index contributed by atoms with van der Waals surface area (Å²) in [5.41, 5.74) is 3.80. The molecule has 108 valence electrons. The number of aryl methyl sites for hydroxylation is 2. The summed E-state index contributed by atoms with van der Waals surface area (Å²) in [6.07, 6.45) is 2.42. The van der Waals surface area contributed by atoms with Crippen LogP contribution in [0.4, 0.5) is 0 Å². The van der Waals surface area contributed by atoms with Crippen LogP contribution in [0, 0.1) is 13.8 Å². The largest absolute Gasteiger partial charge is 0.496 e. The van der Waals surface area contributed by atoms with Gasteiger partial charge in [0, 0.05) is 13.2 Å². The summed E-state index contributed by atoms with van der Waals surface area (Å²) in [7, 11) is 5.50. The Balaban J connectivity index is 2.89. The van der Waals surface area contributed by atoms with Crippen LogP contribution in [-0.2, 0) is 4.74 Å². The Bertz CT molecular complexity index is 404. The van der Waals surface area contributed by atoms with Crippen molar-refractivity contribution >= 4 is 0 Å². The molecular weight excluding hydrogens is 238 g/mol. The van der Waals surface area contributed by atoms with Crippen LogP contribution in [0.15, 0.2) is 12.1 Å². The molecule has 0 bridgehead atoms. The highest BCUT2D eigenvalue weighted by Gasteiger charge is 2.15. The second-order valence-electron chi connectivity index (χ2n) is 5.14. The molecule has 2 atom stereocenters. The Hall–Kier alpha value is -1.06. The van der Waals surface area contributed by atoms with E-state index in [-0.39, 0.29) is 0 Å². The first-order chi connectivity index (χ1) is 9.03. The third-order valence-corrected chi connectivity index (χ3v) is 3.77. The van der Waals surface area contributed by atoms with E-state index >= 15 is 0 Å². The second-order valence-corrected chi connectivity index (χ2v) is 5.14. The molecule has 0 saturated carbocycles. The van der Waals surface area contributed by atoms with Gasteiger partial charge in [0.2, 0.25) is 0 Å². The summed E-state index contributed by atoms with van der Waals surface area (Å²) in [6.45, 7) is 6.34. The number of rotatable bonds is 7. The normalized spacial score (nSPS) is 14.2. The summed E-state index contributed by atoms with van der Waals surface area (Å²) in [5.74, 6) is 0.960. The zero-order chi connectivity index (χ0) is 14.4. The summed E-state index contributed by atoms with van der Waals surface area (Å²) in [5, 5.41) is 3.41. The molecule has 2 unspecified atom stereocenters. The third kappa shape index (κ3) is 4.22. The van der Waals surface area contributed by atoms with E-state index in [2.05, 4.69) is 38.2 Å². The molecule has 0 fully saturated rings. The van der Waals surface area contributed by atoms with E-state index in [1.54, 1.807) is 14.2 Å². The van der Waals surface area contributed by atoms with Gasteiger partial charge in [-0.25, -0.2) is 0 Å². The maximum absolute atomic E-state index is 5.37. The highest BCUT2D eigenvalue weighted by Crippen LogP contribution is 2.29. The van der Waals surface area contributed by atoms with E-state index in [1.165, 1.54) is 16.7 Å². The van der Waals surface area contributed by atoms with Crippen molar-refractivity contribution in [3.8, 4) is 5.75 Å². The Morgan fingerprint density at radius 1 is 1.11 bits per heavy atom. The maximum atomic E-state index is 5.37. The first-order valence-corrected chi connectivity index (χ1v) is 6.88. The lowest BCUT2D eigenvalue weighted by Crippen LogP contribution is -2.19. The Labute approximate surface area is 117 Å². The predicted molar refractivity (Wildman–Crippen MR) is 80.0 cm³/mol. The quantitative estimate of drug-likeness (QED) is 0.819. The van der Waals surface area contributed by atoms with Crippen molar-refractivity contribution < 1.29 is 9.47 Å². The first kappa shape index (κ1) is 16.0. The molecule has 1 aromatic rings. The fraction of sp³-hybridized carbons (Fsp3) is 0.625. The van der Waals surface area contributed by atoms with Gasteiger partial charge < -0.3 is 14.8 Å². The Morgan fingerprint density at radius 2 is 1.79 bits per heavy atom. The van der Waals surface area contributed by atoms with Crippen molar-refractivity contribution in [2.45, 2.75) is 45.8 Å². The lowest BCUT2D eigenvalue weighted by Gasteiger charge is -2.22. The molecule has 0 heterocycles. The van der Waals surface area contributed by atoms with Crippen LogP contribution < -0.4 is 10.1 Å². The zero-order valence-corrected chi connectivity index (χ0v) is 13.0. The molecule has 19 heavy (non-hydrogen) atoms. The van der Waals surface area contributed by atoms with E-state index in [9.17, 15) is 0 Å². The molecule has 0 aliphatic carbocycles. The molecule has 3 heteroatoms. The molecule has 0 saturated heterocycles. The van der Waals surface area contributed by atoms with Gasteiger partial charge in [-0.1, -0.05) is 6.07 Å². The molecule has 0 radical (unpaired) electrons. The lowest BCUT2D eigenvalue weighted by molar-refractivity contribution is 0.106. The van der Waals surface area contributed by atoms with Crippen molar-refractivity contribution in [3.63, 3.8) is 0 Å². The number of hydrogen-bond acceptors (Lipinski definition) is 3. The number of ether oxygens (including phenoxy) is 2. The molecule has 0 aromatic heterocycles. The number of hydrogen-bond donors (Lipinski definition) is 1. The van der Waals surface area contributed by atoms with Crippen molar-refractivity contribution in [1.29, 1.82) is 0 Å². The Kier molecular flexibility index (Phi) is 6.32. The predicted octanol–water partition coefficient (Wildman–Crippen LogP) is 3.39. The minimum absolute atomic E-state index is 0.301. The monoisotopic (exact) mass is 265 g/mol. The molecule has 0 amide bonds. The SMILES string of the molecule is CNC(CCC(C)OC)c1cc(C)c(OC)cc1C. The van der Waals surface area contributed by atoms with E-state index in [1.807, 2.05) is 7.05 Å². The van der Waals surface area contributed by atoms with Gasteiger partial charge in [0.1, 0.15) is 5.75 Å². The number of nitrogens with one attached hydrogen (secondary N) is 1. The van der Waals surface area contributed by atoms with Crippen LogP contribution in [0.25, 0.3) is 0 Å². The standard InChI is InChI=1S/C16H27NO2/c1-11-10-16(19-6)12(2)9-14(11)15(17-4)8-7-13(3)18-5/h9-10,13,15,17H,7-8H2,1-6H3. The van der Waals surface area contributed by atoms with Crippen LogP contribution in [0.5, 0.6) is 5.75 Å². The summed E-state index contributed by atoms with van der Waals surface area (Å²) in [4.78, 5) is 0. The summed E-state index contributed by atoms with van der Waals surface area (Å²) in [6, 6.07) is 4.71. The van der Waals surface area contributed by atoms with Crippen molar-refractivity contribution in [2.75, 3.05) is 21.3 Å². The van der Waals surface area contributed by atoms with E-state index < -0.39 is 0 Å². The van der Waals surface area contributed by atoms with Crippen molar-refractivity contribution in [2.24, 2.45) is 0 Å². The number of methoxy groups -OCH3 is 2. The van der Waals surface area contributed by atoms with Crippen LogP contribution in [0.3, 0.4) is 0 Å². The van der Waals surface area contributed by atoms with Crippen molar-refractivity contribution in [3.05, 3.63) is 28.8 Å². The van der Waals surface area contributed by atoms with E-state index in [0.29, 0.717) is 12.1 Å².